The van der Waals surface area contributed by atoms with Gasteiger partial charge in [-0.05, 0) is 44.2 Å². The Labute approximate surface area is 173 Å². The number of aliphatic imine (C=N–C) groups is 1. The molecule has 1 atom stereocenters. The van der Waals surface area contributed by atoms with Gasteiger partial charge in [-0.25, -0.2) is 0 Å². The molecule has 29 heavy (non-hydrogen) atoms. The zero-order valence-electron chi connectivity index (χ0n) is 17.6. The number of nitrogens with zero attached hydrogens (tertiary/aromatic N) is 2. The molecule has 1 saturated carbocycles. The van der Waals surface area contributed by atoms with Crippen LogP contribution in [0.25, 0.3) is 0 Å². The Balaban J connectivity index is 1.51. The zero-order valence-corrected chi connectivity index (χ0v) is 17.6. The molecule has 3 rings (SSSR count). The number of carbonyl (C=O) groups excluding carboxylic acids is 1. The average Bonchev–Trinajstić information content (AvgIpc) is 3.41. The van der Waals surface area contributed by atoms with Crippen molar-refractivity contribution in [3.63, 3.8) is 0 Å². The maximum Gasteiger partial charge on any atom is 0.225 e. The number of ether oxygens (including phenoxy) is 1. The first-order valence-electron chi connectivity index (χ1n) is 10.8. The van der Waals surface area contributed by atoms with E-state index in [2.05, 4.69) is 15.6 Å². The molecule has 0 radical (unpaired) electrons. The van der Waals surface area contributed by atoms with Gasteiger partial charge in [0.15, 0.2) is 5.96 Å². The Kier molecular flexibility index (Phi) is 7.61. The van der Waals surface area contributed by atoms with E-state index < -0.39 is 0 Å². The van der Waals surface area contributed by atoms with Gasteiger partial charge in [0.05, 0.1) is 7.11 Å². The Morgan fingerprint density at radius 2 is 2.10 bits per heavy atom. The number of benzene rings is 1. The molecule has 1 aromatic carbocycles. The van der Waals surface area contributed by atoms with E-state index in [1.165, 1.54) is 12.8 Å². The predicted octanol–water partition coefficient (Wildman–Crippen LogP) is 2.29. The SMILES string of the molecule is CCNC(=NCCc1ccc(OC)cc1O)NC1CCN(C(=O)C2CCCC2)C1. The number of rotatable bonds is 7. The first kappa shape index (κ1) is 21.3. The van der Waals surface area contributed by atoms with E-state index in [0.29, 0.717) is 24.6 Å². The van der Waals surface area contributed by atoms with Crippen LogP contribution in [0.1, 0.15) is 44.6 Å². The summed E-state index contributed by atoms with van der Waals surface area (Å²) in [5.74, 6) is 2.22. The maximum absolute atomic E-state index is 12.6. The van der Waals surface area contributed by atoms with Gasteiger partial charge < -0.3 is 25.4 Å². The van der Waals surface area contributed by atoms with Gasteiger partial charge in [-0.2, -0.15) is 0 Å². The van der Waals surface area contributed by atoms with Crippen molar-refractivity contribution >= 4 is 11.9 Å². The second-order valence-corrected chi connectivity index (χ2v) is 7.90. The van der Waals surface area contributed by atoms with E-state index in [0.717, 1.165) is 50.4 Å². The van der Waals surface area contributed by atoms with Crippen LogP contribution >= 0.6 is 0 Å². The molecule has 7 heteroatoms. The molecule has 1 aliphatic heterocycles. The molecule has 0 spiro atoms. The van der Waals surface area contributed by atoms with Crippen molar-refractivity contribution in [3.05, 3.63) is 23.8 Å². The van der Waals surface area contributed by atoms with E-state index >= 15 is 0 Å². The lowest BCUT2D eigenvalue weighted by molar-refractivity contribution is -0.134. The molecule has 1 amide bonds. The number of amides is 1. The quantitative estimate of drug-likeness (QED) is 0.481. The van der Waals surface area contributed by atoms with Crippen LogP contribution in [0, 0.1) is 5.92 Å². The number of aromatic hydroxyl groups is 1. The second-order valence-electron chi connectivity index (χ2n) is 7.90. The van der Waals surface area contributed by atoms with Crippen molar-refractivity contribution in [1.82, 2.24) is 15.5 Å². The van der Waals surface area contributed by atoms with Gasteiger partial charge in [0.2, 0.25) is 5.91 Å². The number of phenolic OH excluding ortho intramolecular Hbond substituents is 1. The molecule has 2 fully saturated rings. The number of carbonyl (C=O) groups is 1. The summed E-state index contributed by atoms with van der Waals surface area (Å²) in [6.45, 7) is 4.95. The molecule has 2 aliphatic rings. The average molecular weight is 403 g/mol. The highest BCUT2D eigenvalue weighted by Gasteiger charge is 2.32. The third-order valence-electron chi connectivity index (χ3n) is 5.83. The lowest BCUT2D eigenvalue weighted by Crippen LogP contribution is -2.45. The van der Waals surface area contributed by atoms with Crippen molar-refractivity contribution in [3.8, 4) is 11.5 Å². The first-order chi connectivity index (χ1) is 14.1. The molecular formula is C22H34N4O3. The molecule has 1 saturated heterocycles. The van der Waals surface area contributed by atoms with Crippen molar-refractivity contribution < 1.29 is 14.6 Å². The van der Waals surface area contributed by atoms with Crippen LogP contribution in [-0.4, -0.2) is 61.2 Å². The van der Waals surface area contributed by atoms with Gasteiger partial charge in [0, 0.05) is 44.2 Å². The predicted molar refractivity (Wildman–Crippen MR) is 114 cm³/mol. The number of hydrogen-bond donors (Lipinski definition) is 3. The fourth-order valence-electron chi connectivity index (χ4n) is 4.19. The summed E-state index contributed by atoms with van der Waals surface area (Å²) in [5, 5.41) is 16.8. The Hall–Kier alpha value is -2.44. The fourth-order valence-corrected chi connectivity index (χ4v) is 4.19. The van der Waals surface area contributed by atoms with E-state index in [9.17, 15) is 9.90 Å². The molecule has 160 valence electrons. The van der Waals surface area contributed by atoms with E-state index in [1.807, 2.05) is 24.0 Å². The number of likely N-dealkylation sites (tertiary alicyclic amines) is 1. The first-order valence-corrected chi connectivity index (χ1v) is 10.8. The minimum Gasteiger partial charge on any atom is -0.508 e. The van der Waals surface area contributed by atoms with Gasteiger partial charge in [-0.15, -0.1) is 0 Å². The monoisotopic (exact) mass is 402 g/mol. The van der Waals surface area contributed by atoms with Crippen molar-refractivity contribution in [2.24, 2.45) is 10.9 Å². The summed E-state index contributed by atoms with van der Waals surface area (Å²) in [6.07, 6.45) is 6.07. The molecular weight excluding hydrogens is 368 g/mol. The molecule has 1 heterocycles. The number of phenols is 1. The maximum atomic E-state index is 12.6. The molecule has 3 N–H and O–H groups in total. The van der Waals surface area contributed by atoms with Crippen molar-refractivity contribution in [2.75, 3.05) is 33.3 Å². The van der Waals surface area contributed by atoms with Crippen LogP contribution in [0.5, 0.6) is 11.5 Å². The Morgan fingerprint density at radius 3 is 2.79 bits per heavy atom. The third-order valence-corrected chi connectivity index (χ3v) is 5.83. The highest BCUT2D eigenvalue weighted by Crippen LogP contribution is 2.28. The molecule has 0 bridgehead atoms. The summed E-state index contributed by atoms with van der Waals surface area (Å²) < 4.78 is 5.12. The summed E-state index contributed by atoms with van der Waals surface area (Å²) in [4.78, 5) is 19.3. The van der Waals surface area contributed by atoms with Crippen molar-refractivity contribution in [2.45, 2.75) is 51.5 Å². The number of methoxy groups -OCH3 is 1. The summed E-state index contributed by atoms with van der Waals surface area (Å²) in [7, 11) is 1.58. The molecule has 1 unspecified atom stereocenters. The minimum atomic E-state index is 0.229. The largest absolute Gasteiger partial charge is 0.508 e. The molecule has 7 nitrogen and oxygen atoms in total. The van der Waals surface area contributed by atoms with Gasteiger partial charge in [0.25, 0.3) is 0 Å². The van der Waals surface area contributed by atoms with Gasteiger partial charge in [0.1, 0.15) is 11.5 Å². The lowest BCUT2D eigenvalue weighted by atomic mass is 10.1. The lowest BCUT2D eigenvalue weighted by Gasteiger charge is -2.21. The smallest absolute Gasteiger partial charge is 0.225 e. The number of nitrogens with one attached hydrogen (secondary N) is 2. The van der Waals surface area contributed by atoms with E-state index in [-0.39, 0.29) is 17.7 Å². The van der Waals surface area contributed by atoms with E-state index in [1.54, 1.807) is 13.2 Å². The Bertz CT molecular complexity index is 716. The highest BCUT2D eigenvalue weighted by molar-refractivity contribution is 5.81. The van der Waals surface area contributed by atoms with Crippen LogP contribution in [0.2, 0.25) is 0 Å². The summed E-state index contributed by atoms with van der Waals surface area (Å²) in [5.41, 5.74) is 0.847. The standard InChI is InChI=1S/C22H34N4O3/c1-3-23-22(24-12-10-16-8-9-19(29-2)14-20(16)27)25-18-11-13-26(15-18)21(28)17-6-4-5-7-17/h8-9,14,17-18,27H,3-7,10-13,15H2,1-2H3,(H2,23,24,25). The van der Waals surface area contributed by atoms with Crippen LogP contribution in [-0.2, 0) is 11.2 Å². The van der Waals surface area contributed by atoms with Gasteiger partial charge in [-0.3, -0.25) is 9.79 Å². The second kappa shape index (κ2) is 10.4. The van der Waals surface area contributed by atoms with Crippen molar-refractivity contribution in [1.29, 1.82) is 0 Å². The van der Waals surface area contributed by atoms with Gasteiger partial charge in [-0.1, -0.05) is 18.9 Å². The zero-order chi connectivity index (χ0) is 20.6. The summed E-state index contributed by atoms with van der Waals surface area (Å²) >= 11 is 0. The normalized spacial score (nSPS) is 20.1. The third kappa shape index (κ3) is 5.78. The van der Waals surface area contributed by atoms with E-state index in [4.69, 9.17) is 4.74 Å². The van der Waals surface area contributed by atoms with Crippen LogP contribution < -0.4 is 15.4 Å². The van der Waals surface area contributed by atoms with Crippen LogP contribution in [0.4, 0.5) is 0 Å². The highest BCUT2D eigenvalue weighted by atomic mass is 16.5. The summed E-state index contributed by atoms with van der Waals surface area (Å²) in [6, 6.07) is 5.56. The molecule has 0 aromatic heterocycles. The van der Waals surface area contributed by atoms with Gasteiger partial charge >= 0.3 is 0 Å². The minimum absolute atomic E-state index is 0.229. The topological polar surface area (TPSA) is 86.2 Å². The van der Waals surface area contributed by atoms with Crippen LogP contribution in [0.15, 0.2) is 23.2 Å². The fraction of sp³-hybridized carbons (Fsp3) is 0.636. The molecule has 1 aliphatic carbocycles. The van der Waals surface area contributed by atoms with Crippen LogP contribution in [0.3, 0.4) is 0 Å². The molecule has 1 aromatic rings. The number of guanidine groups is 1. The Morgan fingerprint density at radius 1 is 1.31 bits per heavy atom. The number of hydrogen-bond acceptors (Lipinski definition) is 4.